The molecule has 0 saturated heterocycles. The molecule has 0 saturated carbocycles. The molecule has 2 aromatic carbocycles. The lowest BCUT2D eigenvalue weighted by atomic mass is 10.2. The lowest BCUT2D eigenvalue weighted by Gasteiger charge is -2.11. The Morgan fingerprint density at radius 1 is 1.18 bits per heavy atom. The van der Waals surface area contributed by atoms with Crippen molar-refractivity contribution in [2.45, 2.75) is 10.9 Å². The third-order valence-corrected chi connectivity index (χ3v) is 4.55. The van der Waals surface area contributed by atoms with E-state index in [1.165, 1.54) is 23.6 Å². The average molecular weight is 333 g/mol. The van der Waals surface area contributed by atoms with Crippen LogP contribution in [0.3, 0.4) is 0 Å². The molecule has 1 heterocycles. The molecule has 0 fully saturated rings. The minimum absolute atomic E-state index is 0.213. The monoisotopic (exact) mass is 332 g/mol. The molecule has 0 aliphatic carbocycles. The van der Waals surface area contributed by atoms with Crippen LogP contribution in [-0.2, 0) is 5.75 Å². The summed E-state index contributed by atoms with van der Waals surface area (Å²) in [6.07, 6.45) is 0. The highest BCUT2D eigenvalue weighted by Gasteiger charge is 2.12. The van der Waals surface area contributed by atoms with E-state index in [-0.39, 0.29) is 5.56 Å². The van der Waals surface area contributed by atoms with Crippen LogP contribution in [0.1, 0.15) is 5.56 Å². The second-order valence-corrected chi connectivity index (χ2v) is 5.92. The van der Waals surface area contributed by atoms with E-state index in [1.807, 2.05) is 42.5 Å². The van der Waals surface area contributed by atoms with Crippen LogP contribution in [0.25, 0.3) is 10.9 Å². The molecule has 4 nitrogen and oxygen atoms in total. The normalized spacial score (nSPS) is 10.8. The Hall–Kier alpha value is -1.98. The van der Waals surface area contributed by atoms with Gasteiger partial charge in [0.2, 0.25) is 5.16 Å². The summed E-state index contributed by atoms with van der Waals surface area (Å²) in [4.78, 5) is 22.1. The van der Waals surface area contributed by atoms with Crippen LogP contribution >= 0.6 is 23.4 Å². The van der Waals surface area contributed by atoms with E-state index in [0.717, 1.165) is 5.56 Å². The zero-order chi connectivity index (χ0) is 15.5. The highest BCUT2D eigenvalue weighted by atomic mass is 35.5. The predicted octanol–water partition coefficient (Wildman–Crippen LogP) is 3.40. The number of halogens is 1. The SMILES string of the molecule is COn1c(SCc2ccccc2Cl)nc2ccccc2c1=O. The number of fused-ring (bicyclic) bond motifs is 1. The van der Waals surface area contributed by atoms with E-state index in [1.54, 1.807) is 6.07 Å². The van der Waals surface area contributed by atoms with Crippen molar-refractivity contribution in [3.63, 3.8) is 0 Å². The van der Waals surface area contributed by atoms with Crippen LogP contribution in [0.15, 0.2) is 58.5 Å². The van der Waals surface area contributed by atoms with Gasteiger partial charge in [0.05, 0.1) is 10.9 Å². The van der Waals surface area contributed by atoms with Crippen LogP contribution in [0, 0.1) is 0 Å². The highest BCUT2D eigenvalue weighted by Crippen LogP contribution is 2.25. The highest BCUT2D eigenvalue weighted by molar-refractivity contribution is 7.98. The number of hydrogen-bond donors (Lipinski definition) is 0. The van der Waals surface area contributed by atoms with Gasteiger partial charge in [-0.05, 0) is 23.8 Å². The number of benzene rings is 2. The van der Waals surface area contributed by atoms with E-state index in [0.29, 0.717) is 26.8 Å². The molecule has 6 heteroatoms. The maximum Gasteiger partial charge on any atom is 0.295 e. The maximum atomic E-state index is 12.4. The molecular formula is C16H13ClN2O2S. The summed E-state index contributed by atoms with van der Waals surface area (Å²) < 4.78 is 1.21. The summed E-state index contributed by atoms with van der Waals surface area (Å²) in [6.45, 7) is 0. The van der Waals surface area contributed by atoms with Crippen molar-refractivity contribution in [1.29, 1.82) is 0 Å². The van der Waals surface area contributed by atoms with Gasteiger partial charge in [-0.15, -0.1) is 4.73 Å². The van der Waals surface area contributed by atoms with Gasteiger partial charge in [-0.3, -0.25) is 4.79 Å². The average Bonchev–Trinajstić information content (AvgIpc) is 2.54. The first-order valence-electron chi connectivity index (χ1n) is 6.63. The molecule has 3 aromatic rings. The van der Waals surface area contributed by atoms with Crippen molar-refractivity contribution in [3.8, 4) is 0 Å². The Morgan fingerprint density at radius 2 is 1.91 bits per heavy atom. The largest absolute Gasteiger partial charge is 0.411 e. The third kappa shape index (κ3) is 2.82. The van der Waals surface area contributed by atoms with Gasteiger partial charge in [0.15, 0.2) is 0 Å². The van der Waals surface area contributed by atoms with Gasteiger partial charge in [0.25, 0.3) is 5.56 Å². The Kier molecular flexibility index (Phi) is 4.36. The summed E-state index contributed by atoms with van der Waals surface area (Å²) in [5, 5.41) is 1.74. The maximum absolute atomic E-state index is 12.4. The Morgan fingerprint density at radius 3 is 2.68 bits per heavy atom. The van der Waals surface area contributed by atoms with Crippen molar-refractivity contribution >= 4 is 34.3 Å². The molecule has 0 radical (unpaired) electrons. The standard InChI is InChI=1S/C16H13ClN2O2S/c1-21-19-15(20)12-7-3-5-9-14(12)18-16(19)22-10-11-6-2-4-8-13(11)17/h2-9H,10H2,1H3. The van der Waals surface area contributed by atoms with Crippen molar-refractivity contribution < 1.29 is 4.84 Å². The molecular weight excluding hydrogens is 320 g/mol. The molecule has 3 rings (SSSR count). The second-order valence-electron chi connectivity index (χ2n) is 4.57. The molecule has 0 N–H and O–H groups in total. The molecule has 112 valence electrons. The van der Waals surface area contributed by atoms with E-state index in [4.69, 9.17) is 16.4 Å². The van der Waals surface area contributed by atoms with Gasteiger partial charge >= 0.3 is 0 Å². The van der Waals surface area contributed by atoms with Crippen LogP contribution in [0.4, 0.5) is 0 Å². The van der Waals surface area contributed by atoms with Crippen molar-refractivity contribution in [3.05, 3.63) is 69.5 Å². The summed E-state index contributed by atoms with van der Waals surface area (Å²) in [5.41, 5.74) is 1.43. The molecule has 1 aromatic heterocycles. The van der Waals surface area contributed by atoms with Crippen LogP contribution < -0.4 is 10.4 Å². The summed E-state index contributed by atoms with van der Waals surface area (Å²) in [5.74, 6) is 0.605. The quantitative estimate of drug-likeness (QED) is 0.542. The van der Waals surface area contributed by atoms with Crippen molar-refractivity contribution in [2.24, 2.45) is 0 Å². The summed E-state index contributed by atoms with van der Waals surface area (Å²) >= 11 is 7.57. The number of thioether (sulfide) groups is 1. The fraction of sp³-hybridized carbons (Fsp3) is 0.125. The van der Waals surface area contributed by atoms with Crippen LogP contribution in [0.5, 0.6) is 0 Å². The molecule has 0 spiro atoms. The number of rotatable bonds is 4. The van der Waals surface area contributed by atoms with E-state index >= 15 is 0 Å². The van der Waals surface area contributed by atoms with Crippen molar-refractivity contribution in [1.82, 2.24) is 9.71 Å². The van der Waals surface area contributed by atoms with Gasteiger partial charge in [-0.2, -0.15) is 0 Å². The molecule has 0 unspecified atom stereocenters. The Labute approximate surface area is 136 Å². The van der Waals surface area contributed by atoms with E-state index < -0.39 is 0 Å². The zero-order valence-electron chi connectivity index (χ0n) is 11.8. The topological polar surface area (TPSA) is 44.1 Å². The molecule has 0 amide bonds. The first-order valence-corrected chi connectivity index (χ1v) is 7.99. The summed E-state index contributed by atoms with van der Waals surface area (Å²) in [6, 6.07) is 14.8. The smallest absolute Gasteiger partial charge is 0.295 e. The number of nitrogens with zero attached hydrogens (tertiary/aromatic N) is 2. The number of para-hydroxylation sites is 1. The van der Waals surface area contributed by atoms with Crippen molar-refractivity contribution in [2.75, 3.05) is 7.11 Å². The Bertz CT molecular complexity index is 879. The lowest BCUT2D eigenvalue weighted by Crippen LogP contribution is -2.27. The van der Waals surface area contributed by atoms with Gasteiger partial charge in [-0.1, -0.05) is 53.7 Å². The molecule has 0 atom stereocenters. The van der Waals surface area contributed by atoms with Gasteiger partial charge < -0.3 is 4.84 Å². The fourth-order valence-electron chi connectivity index (χ4n) is 2.11. The van der Waals surface area contributed by atoms with E-state index in [2.05, 4.69) is 4.98 Å². The predicted molar refractivity (Wildman–Crippen MR) is 89.5 cm³/mol. The minimum atomic E-state index is -0.213. The zero-order valence-corrected chi connectivity index (χ0v) is 13.4. The molecule has 0 bridgehead atoms. The van der Waals surface area contributed by atoms with Gasteiger partial charge in [0, 0.05) is 10.8 Å². The van der Waals surface area contributed by atoms with Crippen LogP contribution in [-0.4, -0.2) is 16.8 Å². The van der Waals surface area contributed by atoms with Crippen LogP contribution in [0.2, 0.25) is 5.02 Å². The van der Waals surface area contributed by atoms with Gasteiger partial charge in [-0.25, -0.2) is 4.98 Å². The fourth-order valence-corrected chi connectivity index (χ4v) is 3.36. The first-order chi connectivity index (χ1) is 10.7. The van der Waals surface area contributed by atoms with Gasteiger partial charge in [0.1, 0.15) is 7.11 Å². The Balaban J connectivity index is 2.00. The van der Waals surface area contributed by atoms with E-state index in [9.17, 15) is 4.79 Å². The summed E-state index contributed by atoms with van der Waals surface area (Å²) in [7, 11) is 1.46. The number of hydrogen-bond acceptors (Lipinski definition) is 4. The molecule has 0 aliphatic rings. The molecule has 22 heavy (non-hydrogen) atoms. The number of aromatic nitrogens is 2. The first kappa shape index (κ1) is 14.9. The second kappa shape index (κ2) is 6.42. The molecule has 0 aliphatic heterocycles. The lowest BCUT2D eigenvalue weighted by molar-refractivity contribution is 0.131. The third-order valence-electron chi connectivity index (χ3n) is 3.21. The minimum Gasteiger partial charge on any atom is -0.411 e.